The third-order valence-corrected chi connectivity index (χ3v) is 3.55. The molecule has 1 heteroatoms. The Balaban J connectivity index is 2.18. The van der Waals surface area contributed by atoms with E-state index in [0.29, 0.717) is 5.92 Å². The largest absolute Gasteiger partial charge is 0.395 e. The lowest BCUT2D eigenvalue weighted by Gasteiger charge is -2.19. The molecule has 0 aromatic rings. The van der Waals surface area contributed by atoms with E-state index >= 15 is 0 Å². The van der Waals surface area contributed by atoms with Gasteiger partial charge in [-0.1, -0.05) is 49.3 Å². The molecule has 0 fully saturated rings. The molecular formula is C14H20O. The Morgan fingerprint density at radius 3 is 3.07 bits per heavy atom. The predicted octanol–water partition coefficient (Wildman–Crippen LogP) is 3.23. The van der Waals surface area contributed by atoms with E-state index in [1.54, 1.807) is 0 Å². The molecule has 0 saturated carbocycles. The Kier molecular flexibility index (Phi) is 3.11. The molecule has 1 nitrogen and oxygen atoms in total. The first kappa shape index (κ1) is 10.7. The van der Waals surface area contributed by atoms with Crippen LogP contribution in [0.25, 0.3) is 0 Å². The van der Waals surface area contributed by atoms with Crippen LogP contribution in [-0.2, 0) is 0 Å². The van der Waals surface area contributed by atoms with Crippen LogP contribution in [-0.4, -0.2) is 11.7 Å². The second kappa shape index (κ2) is 4.36. The molecule has 2 bridgehead atoms. The Hall–Kier alpha value is -0.820. The van der Waals surface area contributed by atoms with E-state index < -0.39 is 0 Å². The summed E-state index contributed by atoms with van der Waals surface area (Å²) >= 11 is 0. The summed E-state index contributed by atoms with van der Waals surface area (Å²) < 4.78 is 0. The molecule has 0 aromatic carbocycles. The highest BCUT2D eigenvalue weighted by atomic mass is 16.3. The van der Waals surface area contributed by atoms with E-state index in [-0.39, 0.29) is 12.0 Å². The van der Waals surface area contributed by atoms with Crippen LogP contribution in [0.1, 0.15) is 32.6 Å². The Labute approximate surface area is 92.2 Å². The fourth-order valence-electron chi connectivity index (χ4n) is 2.63. The van der Waals surface area contributed by atoms with Crippen molar-refractivity contribution in [3.63, 3.8) is 0 Å². The molecule has 2 aliphatic rings. The zero-order valence-electron chi connectivity index (χ0n) is 9.45. The summed E-state index contributed by atoms with van der Waals surface area (Å²) in [5.41, 5.74) is 1.48. The third kappa shape index (κ3) is 2.07. The van der Waals surface area contributed by atoms with Crippen molar-refractivity contribution in [3.8, 4) is 0 Å². The van der Waals surface area contributed by atoms with E-state index in [1.807, 2.05) is 0 Å². The molecule has 0 aliphatic heterocycles. The summed E-state index contributed by atoms with van der Waals surface area (Å²) in [5.74, 6) is 0.568. The van der Waals surface area contributed by atoms with Crippen molar-refractivity contribution in [2.45, 2.75) is 32.6 Å². The molecule has 0 aromatic heterocycles. The van der Waals surface area contributed by atoms with Crippen molar-refractivity contribution in [2.24, 2.45) is 11.3 Å². The highest BCUT2D eigenvalue weighted by molar-refractivity contribution is 5.34. The maximum atomic E-state index is 9.51. The van der Waals surface area contributed by atoms with E-state index in [1.165, 1.54) is 24.8 Å². The van der Waals surface area contributed by atoms with E-state index in [2.05, 4.69) is 37.3 Å². The number of unbranched alkanes of at least 4 members (excludes halogenated alkanes) is 1. The molecular weight excluding hydrogens is 184 g/mol. The van der Waals surface area contributed by atoms with Crippen molar-refractivity contribution in [3.05, 3.63) is 36.0 Å². The van der Waals surface area contributed by atoms with Crippen LogP contribution in [0.4, 0.5) is 0 Å². The van der Waals surface area contributed by atoms with Gasteiger partial charge in [-0.3, -0.25) is 0 Å². The van der Waals surface area contributed by atoms with Gasteiger partial charge >= 0.3 is 0 Å². The van der Waals surface area contributed by atoms with Crippen molar-refractivity contribution < 1.29 is 5.11 Å². The number of aliphatic hydroxyl groups is 1. The first-order chi connectivity index (χ1) is 7.29. The molecule has 82 valence electrons. The average Bonchev–Trinajstić information content (AvgIpc) is 2.44. The summed E-state index contributed by atoms with van der Waals surface area (Å²) in [6, 6.07) is 0. The van der Waals surface area contributed by atoms with Crippen LogP contribution >= 0.6 is 0 Å². The van der Waals surface area contributed by atoms with Gasteiger partial charge in [-0.2, -0.15) is 0 Å². The lowest BCUT2D eigenvalue weighted by atomic mass is 9.87. The molecule has 0 heterocycles. The van der Waals surface area contributed by atoms with Crippen LogP contribution < -0.4 is 0 Å². The predicted molar refractivity (Wildman–Crippen MR) is 63.5 cm³/mol. The third-order valence-electron chi connectivity index (χ3n) is 3.55. The molecule has 1 N–H and O–H groups in total. The standard InChI is InChI=1S/C14H20O/c1-2-3-6-12-9-14(11-15)8-5-4-7-13(12)10-14/h4-5,7-9,13,15H,2-3,6,10-11H2,1H3. The van der Waals surface area contributed by atoms with Gasteiger partial charge in [0.15, 0.2) is 0 Å². The number of hydrogen-bond acceptors (Lipinski definition) is 1. The summed E-state index contributed by atoms with van der Waals surface area (Å²) in [6.45, 7) is 2.47. The zero-order chi connectivity index (χ0) is 10.7. The first-order valence-electron chi connectivity index (χ1n) is 5.98. The summed E-state index contributed by atoms with van der Waals surface area (Å²) in [4.78, 5) is 0. The molecule has 0 saturated heterocycles. The Bertz CT molecular complexity index is 311. The molecule has 0 spiro atoms. The summed E-state index contributed by atoms with van der Waals surface area (Å²) in [5, 5.41) is 9.51. The summed E-state index contributed by atoms with van der Waals surface area (Å²) in [7, 11) is 0. The first-order valence-corrected chi connectivity index (χ1v) is 5.98. The monoisotopic (exact) mass is 204 g/mol. The fraction of sp³-hybridized carbons (Fsp3) is 0.571. The van der Waals surface area contributed by atoms with E-state index in [4.69, 9.17) is 0 Å². The smallest absolute Gasteiger partial charge is 0.0557 e. The number of aliphatic hydroxyl groups excluding tert-OH is 1. The van der Waals surface area contributed by atoms with Gasteiger partial charge in [0.1, 0.15) is 0 Å². The van der Waals surface area contributed by atoms with Crippen LogP contribution in [0.3, 0.4) is 0 Å². The van der Waals surface area contributed by atoms with Gasteiger partial charge in [-0.05, 0) is 25.2 Å². The molecule has 0 radical (unpaired) electrons. The van der Waals surface area contributed by atoms with Gasteiger partial charge in [-0.15, -0.1) is 0 Å². The van der Waals surface area contributed by atoms with Crippen molar-refractivity contribution in [1.29, 1.82) is 0 Å². The van der Waals surface area contributed by atoms with Crippen molar-refractivity contribution in [1.82, 2.24) is 0 Å². The van der Waals surface area contributed by atoms with E-state index in [0.717, 1.165) is 6.42 Å². The van der Waals surface area contributed by atoms with Crippen LogP contribution in [0.5, 0.6) is 0 Å². The second-order valence-corrected chi connectivity index (χ2v) is 4.77. The van der Waals surface area contributed by atoms with Gasteiger partial charge in [0.05, 0.1) is 6.61 Å². The van der Waals surface area contributed by atoms with Crippen molar-refractivity contribution >= 4 is 0 Å². The maximum absolute atomic E-state index is 9.51. The molecule has 2 unspecified atom stereocenters. The minimum absolute atomic E-state index is 0.0583. The Morgan fingerprint density at radius 2 is 2.33 bits per heavy atom. The van der Waals surface area contributed by atoms with Gasteiger partial charge in [-0.25, -0.2) is 0 Å². The van der Waals surface area contributed by atoms with Gasteiger partial charge < -0.3 is 5.11 Å². The zero-order valence-corrected chi connectivity index (χ0v) is 9.45. The number of hydrogen-bond donors (Lipinski definition) is 1. The number of fused-ring (bicyclic) bond motifs is 2. The second-order valence-electron chi connectivity index (χ2n) is 4.77. The lowest BCUT2D eigenvalue weighted by Crippen LogP contribution is -2.17. The maximum Gasteiger partial charge on any atom is 0.0557 e. The minimum Gasteiger partial charge on any atom is -0.395 e. The average molecular weight is 204 g/mol. The van der Waals surface area contributed by atoms with E-state index in [9.17, 15) is 5.11 Å². The molecule has 15 heavy (non-hydrogen) atoms. The SMILES string of the molecule is CCCCC1=CC2(CO)C=CC=CC1C2. The normalized spacial score (nSPS) is 32.9. The highest BCUT2D eigenvalue weighted by Crippen LogP contribution is 2.44. The van der Waals surface area contributed by atoms with Gasteiger partial charge in [0.2, 0.25) is 0 Å². The fourth-order valence-corrected chi connectivity index (χ4v) is 2.63. The van der Waals surface area contributed by atoms with Crippen LogP contribution in [0.2, 0.25) is 0 Å². The molecule has 2 aliphatic carbocycles. The van der Waals surface area contributed by atoms with Gasteiger partial charge in [0.25, 0.3) is 0 Å². The number of rotatable bonds is 4. The Morgan fingerprint density at radius 1 is 1.47 bits per heavy atom. The summed E-state index contributed by atoms with van der Waals surface area (Å²) in [6.07, 6.45) is 15.7. The topological polar surface area (TPSA) is 20.2 Å². The lowest BCUT2D eigenvalue weighted by molar-refractivity contribution is 0.200. The van der Waals surface area contributed by atoms with Crippen molar-refractivity contribution in [2.75, 3.05) is 6.61 Å². The highest BCUT2D eigenvalue weighted by Gasteiger charge is 2.35. The van der Waals surface area contributed by atoms with Gasteiger partial charge in [0, 0.05) is 5.41 Å². The quantitative estimate of drug-likeness (QED) is 0.697. The van der Waals surface area contributed by atoms with Crippen LogP contribution in [0.15, 0.2) is 36.0 Å². The minimum atomic E-state index is -0.0583. The molecule has 0 amide bonds. The molecule has 2 atom stereocenters. The van der Waals surface area contributed by atoms with Crippen LogP contribution in [0, 0.1) is 11.3 Å². The number of allylic oxidation sites excluding steroid dienone is 4. The molecule has 2 rings (SSSR count).